The molecule has 3 aromatic rings. The fourth-order valence-corrected chi connectivity index (χ4v) is 3.75. The van der Waals surface area contributed by atoms with Gasteiger partial charge in [0.2, 0.25) is 0 Å². The lowest BCUT2D eigenvalue weighted by atomic mass is 10.1. The average Bonchev–Trinajstić information content (AvgIpc) is 3.02. The summed E-state index contributed by atoms with van der Waals surface area (Å²) in [5, 5.41) is 23.4. The molecule has 1 heterocycles. The van der Waals surface area contributed by atoms with Gasteiger partial charge in [-0.3, -0.25) is 15.1 Å². The Kier molecular flexibility index (Phi) is 5.59. The monoisotopic (exact) mass is 455 g/mol. The van der Waals surface area contributed by atoms with Gasteiger partial charge in [-0.05, 0) is 73.0 Å². The smallest absolute Gasteiger partial charge is 0.416 e. The summed E-state index contributed by atoms with van der Waals surface area (Å²) in [5.74, 6) is -0.802. The van der Waals surface area contributed by atoms with Crippen molar-refractivity contribution in [2.24, 2.45) is 5.10 Å². The highest BCUT2D eigenvalue weighted by molar-refractivity contribution is 6.55. The van der Waals surface area contributed by atoms with Gasteiger partial charge in [0.15, 0.2) is 5.71 Å². The van der Waals surface area contributed by atoms with Crippen LogP contribution in [-0.2, 0) is 17.6 Å². The summed E-state index contributed by atoms with van der Waals surface area (Å²) in [6.45, 7) is 3.40. The third-order valence-electron chi connectivity index (χ3n) is 5.22. The van der Waals surface area contributed by atoms with Crippen molar-refractivity contribution < 1.29 is 28.2 Å². The molecule has 1 aliphatic rings. The van der Waals surface area contributed by atoms with Crippen LogP contribution in [0.4, 0.5) is 30.2 Å². The molecule has 0 saturated heterocycles. The SMILES string of the molecule is Cc1cc(C)cc(N2C(=O)/C(=N\Nc3ccc(CO)cc3O)c3ccc(C(F)(F)F)cc32)c1. The Labute approximate surface area is 187 Å². The molecule has 0 unspecified atom stereocenters. The maximum atomic E-state index is 13.4. The molecule has 6 nitrogen and oxygen atoms in total. The molecule has 0 radical (unpaired) electrons. The number of phenols is 1. The number of anilines is 3. The number of hydrazone groups is 1. The van der Waals surface area contributed by atoms with Gasteiger partial charge in [0, 0.05) is 11.3 Å². The first kappa shape index (κ1) is 22.3. The lowest BCUT2D eigenvalue weighted by Gasteiger charge is -2.19. The van der Waals surface area contributed by atoms with Crippen molar-refractivity contribution in [3.8, 4) is 5.75 Å². The lowest BCUT2D eigenvalue weighted by molar-refractivity contribution is -0.137. The van der Waals surface area contributed by atoms with Crippen LogP contribution < -0.4 is 10.3 Å². The predicted octanol–water partition coefficient (Wildman–Crippen LogP) is 5.01. The quantitative estimate of drug-likeness (QED) is 0.381. The standard InChI is InChI=1S/C24H20F3N3O3/c1-13-7-14(2)9-17(8-13)30-20-11-16(24(25,26)27)4-5-18(20)22(23(30)33)29-28-19-6-3-15(12-31)10-21(19)32/h3-11,28,31-32H,12H2,1-2H3/b29-22-. The van der Waals surface area contributed by atoms with Crippen LogP contribution in [0.5, 0.6) is 5.75 Å². The number of hydrogen-bond donors (Lipinski definition) is 3. The van der Waals surface area contributed by atoms with Gasteiger partial charge in [0.1, 0.15) is 5.75 Å². The zero-order valence-electron chi connectivity index (χ0n) is 17.7. The van der Waals surface area contributed by atoms with Crippen molar-refractivity contribution in [1.29, 1.82) is 0 Å². The number of phenolic OH excluding ortho intramolecular Hbond substituents is 1. The molecule has 9 heteroatoms. The molecule has 33 heavy (non-hydrogen) atoms. The highest BCUT2D eigenvalue weighted by Crippen LogP contribution is 2.40. The number of aryl methyl sites for hydroxylation is 2. The van der Waals surface area contributed by atoms with E-state index in [0.717, 1.165) is 23.3 Å². The van der Waals surface area contributed by atoms with E-state index in [-0.39, 0.29) is 35.0 Å². The Morgan fingerprint density at radius 3 is 2.30 bits per heavy atom. The Hall–Kier alpha value is -3.85. The van der Waals surface area contributed by atoms with Gasteiger partial charge < -0.3 is 10.2 Å². The molecule has 0 aromatic heterocycles. The van der Waals surface area contributed by atoms with E-state index in [1.807, 2.05) is 19.9 Å². The number of carbonyl (C=O) groups excluding carboxylic acids is 1. The van der Waals surface area contributed by atoms with E-state index in [4.69, 9.17) is 5.11 Å². The first-order valence-electron chi connectivity index (χ1n) is 9.99. The number of alkyl halides is 3. The maximum Gasteiger partial charge on any atom is 0.416 e. The van der Waals surface area contributed by atoms with Crippen molar-refractivity contribution in [2.75, 3.05) is 10.3 Å². The molecule has 0 aliphatic carbocycles. The van der Waals surface area contributed by atoms with Crippen LogP contribution in [0, 0.1) is 13.8 Å². The van der Waals surface area contributed by atoms with E-state index in [1.165, 1.54) is 23.1 Å². The molecule has 1 aliphatic heterocycles. The second-order valence-corrected chi connectivity index (χ2v) is 7.80. The molecule has 0 spiro atoms. The number of hydrogen-bond acceptors (Lipinski definition) is 5. The highest BCUT2D eigenvalue weighted by Gasteiger charge is 2.39. The second-order valence-electron chi connectivity index (χ2n) is 7.80. The number of aromatic hydroxyl groups is 1. The Bertz CT molecular complexity index is 1270. The van der Waals surface area contributed by atoms with E-state index in [0.29, 0.717) is 11.3 Å². The number of fused-ring (bicyclic) bond motifs is 1. The largest absolute Gasteiger partial charge is 0.506 e. The predicted molar refractivity (Wildman–Crippen MR) is 119 cm³/mol. The summed E-state index contributed by atoms with van der Waals surface area (Å²) < 4.78 is 40.2. The van der Waals surface area contributed by atoms with E-state index in [9.17, 15) is 23.1 Å². The number of amides is 1. The molecule has 170 valence electrons. The summed E-state index contributed by atoms with van der Waals surface area (Å²) in [7, 11) is 0. The molecule has 3 N–H and O–H groups in total. The zero-order valence-corrected chi connectivity index (χ0v) is 17.7. The molecular weight excluding hydrogens is 435 g/mol. The lowest BCUT2D eigenvalue weighted by Crippen LogP contribution is -2.26. The van der Waals surface area contributed by atoms with Crippen molar-refractivity contribution >= 4 is 28.7 Å². The number of carbonyl (C=O) groups is 1. The molecule has 1 amide bonds. The number of nitrogens with zero attached hydrogens (tertiary/aromatic N) is 2. The van der Waals surface area contributed by atoms with Crippen LogP contribution in [0.15, 0.2) is 59.7 Å². The van der Waals surface area contributed by atoms with Crippen molar-refractivity contribution in [3.05, 3.63) is 82.4 Å². The summed E-state index contributed by atoms with van der Waals surface area (Å²) in [4.78, 5) is 14.5. The first-order chi connectivity index (χ1) is 15.6. The van der Waals surface area contributed by atoms with Gasteiger partial charge in [0.25, 0.3) is 5.91 Å². The number of halogens is 3. The van der Waals surface area contributed by atoms with Crippen LogP contribution in [0.3, 0.4) is 0 Å². The van der Waals surface area contributed by atoms with Gasteiger partial charge in [0.05, 0.1) is 23.5 Å². The van der Waals surface area contributed by atoms with Gasteiger partial charge in [-0.25, -0.2) is 0 Å². The first-order valence-corrected chi connectivity index (χ1v) is 9.99. The van der Waals surface area contributed by atoms with Gasteiger partial charge in [-0.15, -0.1) is 0 Å². The number of aliphatic hydroxyl groups is 1. The molecule has 4 rings (SSSR count). The van der Waals surface area contributed by atoms with Crippen LogP contribution in [0.1, 0.15) is 27.8 Å². The zero-order chi connectivity index (χ0) is 23.9. The maximum absolute atomic E-state index is 13.4. The molecular formula is C24H20F3N3O3. The number of aliphatic hydroxyl groups excluding tert-OH is 1. The van der Waals surface area contributed by atoms with Gasteiger partial charge in [-0.1, -0.05) is 12.1 Å². The number of nitrogens with one attached hydrogen (secondary N) is 1. The molecule has 0 atom stereocenters. The van der Waals surface area contributed by atoms with Crippen molar-refractivity contribution in [2.45, 2.75) is 26.6 Å². The molecule has 0 fully saturated rings. The van der Waals surface area contributed by atoms with E-state index in [2.05, 4.69) is 10.5 Å². The summed E-state index contributed by atoms with van der Waals surface area (Å²) in [6.07, 6.45) is -4.58. The molecule has 0 bridgehead atoms. The number of benzene rings is 3. The minimum Gasteiger partial charge on any atom is -0.506 e. The summed E-state index contributed by atoms with van der Waals surface area (Å²) >= 11 is 0. The van der Waals surface area contributed by atoms with E-state index in [1.54, 1.807) is 18.2 Å². The number of rotatable bonds is 4. The third-order valence-corrected chi connectivity index (χ3v) is 5.22. The minimum absolute atomic E-state index is 0.0697. The average molecular weight is 455 g/mol. The Balaban J connectivity index is 1.82. The van der Waals surface area contributed by atoms with Crippen molar-refractivity contribution in [3.63, 3.8) is 0 Å². The fraction of sp³-hybridized carbons (Fsp3) is 0.167. The Morgan fingerprint density at radius 2 is 1.70 bits per heavy atom. The highest BCUT2D eigenvalue weighted by atomic mass is 19.4. The fourth-order valence-electron chi connectivity index (χ4n) is 3.75. The molecule has 0 saturated carbocycles. The van der Waals surface area contributed by atoms with E-state index >= 15 is 0 Å². The van der Waals surface area contributed by atoms with Crippen LogP contribution in [0.2, 0.25) is 0 Å². The normalized spacial score (nSPS) is 14.7. The van der Waals surface area contributed by atoms with Gasteiger partial charge in [-0.2, -0.15) is 18.3 Å². The topological polar surface area (TPSA) is 85.2 Å². The second kappa shape index (κ2) is 8.25. The van der Waals surface area contributed by atoms with Gasteiger partial charge >= 0.3 is 6.18 Å². The minimum atomic E-state index is -4.58. The molecule has 3 aromatic carbocycles. The van der Waals surface area contributed by atoms with Crippen LogP contribution in [0.25, 0.3) is 0 Å². The van der Waals surface area contributed by atoms with E-state index < -0.39 is 17.6 Å². The summed E-state index contributed by atoms with van der Waals surface area (Å²) in [5.41, 5.74) is 4.71. The van der Waals surface area contributed by atoms with Crippen LogP contribution in [-0.4, -0.2) is 21.8 Å². The third kappa shape index (κ3) is 4.27. The van der Waals surface area contributed by atoms with Crippen LogP contribution >= 0.6 is 0 Å². The van der Waals surface area contributed by atoms with Crippen molar-refractivity contribution in [1.82, 2.24) is 0 Å². The Morgan fingerprint density at radius 1 is 1.00 bits per heavy atom. The summed E-state index contributed by atoms with van der Waals surface area (Å²) in [6, 6.07) is 12.7.